The van der Waals surface area contributed by atoms with Crippen molar-refractivity contribution in [2.24, 2.45) is 16.7 Å². The Morgan fingerprint density at radius 2 is 1.40 bits per heavy atom. The number of hydrogen-bond donors (Lipinski definition) is 1. The fourth-order valence-electron chi connectivity index (χ4n) is 2.65. The van der Waals surface area contributed by atoms with Gasteiger partial charge in [0, 0.05) is 6.04 Å². The molecule has 1 rings (SSSR count). The Morgan fingerprint density at radius 3 is 1.87 bits per heavy atom. The second-order valence-corrected chi connectivity index (χ2v) is 7.30. The molecule has 0 spiro atoms. The lowest BCUT2D eigenvalue weighted by Gasteiger charge is -2.31. The molecular weight excluding hydrogens is 182 g/mol. The number of hydrogen-bond acceptors (Lipinski definition) is 1. The Morgan fingerprint density at radius 1 is 0.800 bits per heavy atom. The molecule has 1 aliphatic rings. The summed E-state index contributed by atoms with van der Waals surface area (Å²) in [4.78, 5) is 0. The van der Waals surface area contributed by atoms with E-state index in [2.05, 4.69) is 46.9 Å². The van der Waals surface area contributed by atoms with Gasteiger partial charge in [0.15, 0.2) is 0 Å². The summed E-state index contributed by atoms with van der Waals surface area (Å²) < 4.78 is 0. The summed E-state index contributed by atoms with van der Waals surface area (Å²) >= 11 is 0. The van der Waals surface area contributed by atoms with E-state index in [-0.39, 0.29) is 0 Å². The van der Waals surface area contributed by atoms with Gasteiger partial charge in [-0.1, -0.05) is 41.5 Å². The first kappa shape index (κ1) is 13.0. The van der Waals surface area contributed by atoms with Crippen LogP contribution in [0.2, 0.25) is 0 Å². The second kappa shape index (κ2) is 4.45. The normalized spacial score (nSPS) is 30.0. The van der Waals surface area contributed by atoms with Gasteiger partial charge in [-0.05, 0) is 42.6 Å². The van der Waals surface area contributed by atoms with Gasteiger partial charge in [0.1, 0.15) is 0 Å². The van der Waals surface area contributed by atoms with E-state index in [9.17, 15) is 0 Å². The highest BCUT2D eigenvalue weighted by atomic mass is 14.9. The van der Waals surface area contributed by atoms with E-state index in [0.29, 0.717) is 16.9 Å². The molecule has 0 aromatic rings. The fraction of sp³-hybridized carbons (Fsp3) is 1.00. The summed E-state index contributed by atoms with van der Waals surface area (Å²) in [5.74, 6) is 0.886. The average Bonchev–Trinajstić information content (AvgIpc) is 2.24. The van der Waals surface area contributed by atoms with Crippen LogP contribution in [-0.4, -0.2) is 12.6 Å². The summed E-state index contributed by atoms with van der Waals surface area (Å²) in [6.07, 6.45) is 4.07. The molecule has 0 bridgehead atoms. The van der Waals surface area contributed by atoms with Crippen LogP contribution in [0.5, 0.6) is 0 Å². The van der Waals surface area contributed by atoms with E-state index >= 15 is 0 Å². The Balaban J connectivity index is 2.57. The second-order valence-electron chi connectivity index (χ2n) is 7.30. The molecule has 0 amide bonds. The zero-order chi connectivity index (χ0) is 11.7. The predicted molar refractivity (Wildman–Crippen MR) is 68.0 cm³/mol. The molecule has 90 valence electrons. The average molecular weight is 211 g/mol. The molecule has 15 heavy (non-hydrogen) atoms. The van der Waals surface area contributed by atoms with Gasteiger partial charge >= 0.3 is 0 Å². The first-order chi connectivity index (χ1) is 6.71. The first-order valence-corrected chi connectivity index (χ1v) is 6.44. The minimum Gasteiger partial charge on any atom is -0.313 e. The summed E-state index contributed by atoms with van der Waals surface area (Å²) in [7, 11) is 0. The van der Waals surface area contributed by atoms with Crippen molar-refractivity contribution in [2.45, 2.75) is 66.8 Å². The van der Waals surface area contributed by atoms with E-state index in [0.717, 1.165) is 5.92 Å². The van der Waals surface area contributed by atoms with E-state index in [1.165, 1.54) is 25.8 Å². The van der Waals surface area contributed by atoms with Crippen molar-refractivity contribution in [3.8, 4) is 0 Å². The highest BCUT2D eigenvalue weighted by molar-refractivity contribution is 4.86. The molecule has 1 saturated heterocycles. The van der Waals surface area contributed by atoms with Crippen molar-refractivity contribution in [1.29, 1.82) is 0 Å². The van der Waals surface area contributed by atoms with Crippen LogP contribution >= 0.6 is 0 Å². The maximum atomic E-state index is 3.72. The molecule has 2 unspecified atom stereocenters. The molecule has 0 aromatic carbocycles. The van der Waals surface area contributed by atoms with Crippen LogP contribution < -0.4 is 5.32 Å². The Bertz CT molecular complexity index is 172. The van der Waals surface area contributed by atoms with Gasteiger partial charge < -0.3 is 5.32 Å². The molecule has 1 fully saturated rings. The Labute approximate surface area is 96.0 Å². The summed E-state index contributed by atoms with van der Waals surface area (Å²) in [6.45, 7) is 15.4. The van der Waals surface area contributed by atoms with Crippen LogP contribution in [0, 0.1) is 16.7 Å². The van der Waals surface area contributed by atoms with E-state index in [1.807, 2.05) is 0 Å². The van der Waals surface area contributed by atoms with Gasteiger partial charge in [0.05, 0.1) is 0 Å². The maximum absolute atomic E-state index is 3.72. The lowest BCUT2D eigenvalue weighted by atomic mass is 9.75. The van der Waals surface area contributed by atoms with Gasteiger partial charge in [-0.15, -0.1) is 0 Å². The number of rotatable bonds is 0. The van der Waals surface area contributed by atoms with Crippen molar-refractivity contribution in [2.75, 3.05) is 6.54 Å². The number of nitrogens with one attached hydrogen (secondary N) is 1. The van der Waals surface area contributed by atoms with Gasteiger partial charge in [0.2, 0.25) is 0 Å². The van der Waals surface area contributed by atoms with Crippen molar-refractivity contribution in [3.05, 3.63) is 0 Å². The minimum atomic E-state index is 0.409. The fourth-order valence-corrected chi connectivity index (χ4v) is 2.65. The standard InChI is InChI=1S/C14H29N/c1-13(2,3)11-7-8-12(14(4,5)6)15-10-9-11/h11-12,15H,7-10H2,1-6H3. The smallest absolute Gasteiger partial charge is 0.0116 e. The zero-order valence-electron chi connectivity index (χ0n) is 11.5. The molecule has 0 radical (unpaired) electrons. The molecule has 0 aromatic heterocycles. The highest BCUT2D eigenvalue weighted by Gasteiger charge is 2.31. The van der Waals surface area contributed by atoms with Crippen LogP contribution in [0.15, 0.2) is 0 Å². The molecule has 0 saturated carbocycles. The van der Waals surface area contributed by atoms with Crippen LogP contribution in [0.3, 0.4) is 0 Å². The van der Waals surface area contributed by atoms with E-state index in [1.54, 1.807) is 0 Å². The topological polar surface area (TPSA) is 12.0 Å². The van der Waals surface area contributed by atoms with Crippen molar-refractivity contribution < 1.29 is 0 Å². The quantitative estimate of drug-likeness (QED) is 0.642. The third-order valence-corrected chi connectivity index (χ3v) is 3.96. The minimum absolute atomic E-state index is 0.409. The monoisotopic (exact) mass is 211 g/mol. The third-order valence-electron chi connectivity index (χ3n) is 3.96. The zero-order valence-corrected chi connectivity index (χ0v) is 11.5. The van der Waals surface area contributed by atoms with E-state index < -0.39 is 0 Å². The summed E-state index contributed by atoms with van der Waals surface area (Å²) in [6, 6.07) is 0.699. The van der Waals surface area contributed by atoms with Crippen LogP contribution in [0.1, 0.15) is 60.8 Å². The molecule has 2 atom stereocenters. The van der Waals surface area contributed by atoms with Crippen molar-refractivity contribution >= 4 is 0 Å². The SMILES string of the molecule is CC(C)(C)C1CCNC(C(C)(C)C)CC1. The highest BCUT2D eigenvalue weighted by Crippen LogP contribution is 2.36. The van der Waals surface area contributed by atoms with Gasteiger partial charge in [0.25, 0.3) is 0 Å². The molecule has 1 heterocycles. The predicted octanol–water partition coefficient (Wildman–Crippen LogP) is 3.84. The largest absolute Gasteiger partial charge is 0.313 e. The summed E-state index contributed by atoms with van der Waals surface area (Å²) in [5.41, 5.74) is 0.890. The lowest BCUT2D eigenvalue weighted by Crippen LogP contribution is -2.39. The van der Waals surface area contributed by atoms with Crippen LogP contribution in [0.25, 0.3) is 0 Å². The molecule has 1 aliphatic heterocycles. The van der Waals surface area contributed by atoms with Crippen LogP contribution in [0.4, 0.5) is 0 Å². The van der Waals surface area contributed by atoms with Crippen LogP contribution in [-0.2, 0) is 0 Å². The van der Waals surface area contributed by atoms with Gasteiger partial charge in [-0.25, -0.2) is 0 Å². The third kappa shape index (κ3) is 3.79. The van der Waals surface area contributed by atoms with Crippen molar-refractivity contribution in [1.82, 2.24) is 5.32 Å². The summed E-state index contributed by atoms with van der Waals surface area (Å²) in [5, 5.41) is 3.72. The maximum Gasteiger partial charge on any atom is 0.0116 e. The molecule has 1 nitrogen and oxygen atoms in total. The molecule has 1 heteroatoms. The molecule has 1 N–H and O–H groups in total. The first-order valence-electron chi connectivity index (χ1n) is 6.44. The van der Waals surface area contributed by atoms with Gasteiger partial charge in [-0.3, -0.25) is 0 Å². The lowest BCUT2D eigenvalue weighted by molar-refractivity contribution is 0.210. The molecular formula is C14H29N. The van der Waals surface area contributed by atoms with Gasteiger partial charge in [-0.2, -0.15) is 0 Å². The van der Waals surface area contributed by atoms with E-state index in [4.69, 9.17) is 0 Å². The molecule has 0 aliphatic carbocycles. The Hall–Kier alpha value is -0.0400. The Kier molecular flexibility index (Phi) is 3.86. The van der Waals surface area contributed by atoms with Crippen molar-refractivity contribution in [3.63, 3.8) is 0 Å².